The molecule has 1 aliphatic heterocycles. The van der Waals surface area contributed by atoms with Crippen LogP contribution in [0.4, 0.5) is 5.69 Å². The van der Waals surface area contributed by atoms with Crippen LogP contribution >= 0.6 is 12.4 Å². The Balaban J connectivity index is 0.00000312. The highest BCUT2D eigenvalue weighted by molar-refractivity contribution is 5.90. The largest absolute Gasteiger partial charge is 0.411 e. The molecule has 0 amide bonds. The monoisotopic (exact) mass is 369 g/mol. The van der Waals surface area contributed by atoms with Crippen molar-refractivity contribution in [2.24, 2.45) is 5.16 Å². The fourth-order valence-electron chi connectivity index (χ4n) is 3.37. The molecule has 0 aromatic heterocycles. The maximum Gasteiger partial charge on any atom is 0.357 e. The molecular formula is C18H28ClN3O3. The molecule has 0 radical (unpaired) electrons. The zero-order valence-electron chi connectivity index (χ0n) is 15.7. The van der Waals surface area contributed by atoms with Gasteiger partial charge in [-0.3, -0.25) is 0 Å². The Bertz CT molecular complexity index is 619. The summed E-state index contributed by atoms with van der Waals surface area (Å²) in [5, 5.41) is 14.2. The quantitative estimate of drug-likeness (QED) is 0.649. The third kappa shape index (κ3) is 4.64. The lowest BCUT2D eigenvalue weighted by atomic mass is 9.81. The average molecular weight is 370 g/mol. The van der Waals surface area contributed by atoms with Gasteiger partial charge in [0.2, 0.25) is 0 Å². The van der Waals surface area contributed by atoms with Crippen molar-refractivity contribution in [1.29, 1.82) is 0 Å². The Hall–Kier alpha value is -1.79. The molecule has 1 heterocycles. The highest BCUT2D eigenvalue weighted by atomic mass is 35.5. The van der Waals surface area contributed by atoms with Crippen molar-refractivity contribution >= 4 is 29.8 Å². The molecule has 6 nitrogen and oxygen atoms in total. The molecule has 1 fully saturated rings. The van der Waals surface area contributed by atoms with Gasteiger partial charge in [0, 0.05) is 32.6 Å². The standard InChI is InChI=1S/C18H27N3O3.ClH/c1-17(2)11-14(19-23)12-18(3,4)21(17)24-16(22)13-7-9-15(10-8-13)20(5)6;/h7-10,23H,11-12H2,1-6H3;1H. The van der Waals surface area contributed by atoms with Crippen molar-refractivity contribution in [1.82, 2.24) is 5.06 Å². The summed E-state index contributed by atoms with van der Waals surface area (Å²) in [6.07, 6.45) is 1.08. The van der Waals surface area contributed by atoms with Crippen molar-refractivity contribution in [3.8, 4) is 0 Å². The topological polar surface area (TPSA) is 65.4 Å². The molecule has 0 unspecified atom stereocenters. The third-order valence-corrected chi connectivity index (χ3v) is 4.31. The molecule has 0 bridgehead atoms. The number of hydrogen-bond donors (Lipinski definition) is 1. The zero-order chi connectivity index (χ0) is 18.1. The highest BCUT2D eigenvalue weighted by Gasteiger charge is 2.47. The molecule has 1 N–H and O–H groups in total. The number of nitrogens with zero attached hydrogens (tertiary/aromatic N) is 3. The van der Waals surface area contributed by atoms with Crippen LogP contribution in [0.2, 0.25) is 0 Å². The van der Waals surface area contributed by atoms with E-state index in [1.165, 1.54) is 0 Å². The van der Waals surface area contributed by atoms with Gasteiger partial charge in [0.25, 0.3) is 0 Å². The van der Waals surface area contributed by atoms with Gasteiger partial charge < -0.3 is 14.9 Å². The Morgan fingerprint density at radius 2 is 1.60 bits per heavy atom. The van der Waals surface area contributed by atoms with Crippen molar-refractivity contribution in [2.75, 3.05) is 19.0 Å². The molecule has 0 spiro atoms. The molecule has 1 aromatic rings. The van der Waals surface area contributed by atoms with Crippen molar-refractivity contribution in [2.45, 2.75) is 51.6 Å². The summed E-state index contributed by atoms with van der Waals surface area (Å²) in [5.41, 5.74) is 1.33. The van der Waals surface area contributed by atoms with Crippen LogP contribution in [-0.4, -0.2) is 47.1 Å². The van der Waals surface area contributed by atoms with Crippen LogP contribution in [0.5, 0.6) is 0 Å². The molecular weight excluding hydrogens is 342 g/mol. The molecule has 2 rings (SSSR count). The lowest BCUT2D eigenvalue weighted by Gasteiger charge is -2.50. The van der Waals surface area contributed by atoms with Gasteiger partial charge in [-0.1, -0.05) is 5.16 Å². The van der Waals surface area contributed by atoms with Gasteiger partial charge in [0.1, 0.15) is 0 Å². The van der Waals surface area contributed by atoms with Crippen LogP contribution < -0.4 is 4.90 Å². The first-order chi connectivity index (χ1) is 11.1. The van der Waals surface area contributed by atoms with Gasteiger partial charge >= 0.3 is 5.97 Å². The van der Waals surface area contributed by atoms with Crippen LogP contribution in [0.1, 0.15) is 50.9 Å². The number of carbonyl (C=O) groups is 1. The predicted octanol–water partition coefficient (Wildman–Crippen LogP) is 3.73. The molecule has 0 atom stereocenters. The van der Waals surface area contributed by atoms with E-state index >= 15 is 0 Å². The van der Waals surface area contributed by atoms with Gasteiger partial charge in [-0.2, -0.15) is 0 Å². The van der Waals surface area contributed by atoms with Crippen LogP contribution in [0.15, 0.2) is 29.4 Å². The second kappa shape index (κ2) is 7.62. The van der Waals surface area contributed by atoms with E-state index in [0.717, 1.165) is 5.69 Å². The van der Waals surface area contributed by atoms with E-state index in [-0.39, 0.29) is 18.4 Å². The van der Waals surface area contributed by atoms with Gasteiger partial charge in [0.15, 0.2) is 0 Å². The minimum Gasteiger partial charge on any atom is -0.411 e. The number of piperidine rings is 1. The van der Waals surface area contributed by atoms with E-state index in [4.69, 9.17) is 10.0 Å². The van der Waals surface area contributed by atoms with Crippen LogP contribution in [-0.2, 0) is 4.84 Å². The summed E-state index contributed by atoms with van der Waals surface area (Å²) in [6.45, 7) is 7.89. The Kier molecular flexibility index (Phi) is 6.48. The summed E-state index contributed by atoms with van der Waals surface area (Å²) in [4.78, 5) is 20.3. The fraction of sp³-hybridized carbons (Fsp3) is 0.556. The number of hydrogen-bond acceptors (Lipinski definition) is 6. The molecule has 1 aromatic carbocycles. The number of rotatable bonds is 3. The zero-order valence-corrected chi connectivity index (χ0v) is 16.6. The lowest BCUT2D eigenvalue weighted by Crippen LogP contribution is -2.61. The van der Waals surface area contributed by atoms with E-state index in [0.29, 0.717) is 24.1 Å². The van der Waals surface area contributed by atoms with E-state index in [9.17, 15) is 4.79 Å². The molecule has 7 heteroatoms. The average Bonchev–Trinajstić information content (AvgIpc) is 2.49. The summed E-state index contributed by atoms with van der Waals surface area (Å²) in [6, 6.07) is 7.31. The van der Waals surface area contributed by atoms with Crippen molar-refractivity contribution in [3.63, 3.8) is 0 Å². The van der Waals surface area contributed by atoms with Crippen LogP contribution in [0.3, 0.4) is 0 Å². The predicted molar refractivity (Wildman–Crippen MR) is 102 cm³/mol. The summed E-state index contributed by atoms with van der Waals surface area (Å²) in [7, 11) is 3.90. The molecule has 1 aliphatic rings. The number of hydroxylamine groups is 2. The number of carbonyl (C=O) groups excluding carboxylic acids is 1. The first-order valence-electron chi connectivity index (χ1n) is 8.07. The van der Waals surface area contributed by atoms with Gasteiger partial charge in [-0.05, 0) is 52.0 Å². The van der Waals surface area contributed by atoms with E-state index < -0.39 is 11.1 Å². The second-order valence-corrected chi connectivity index (χ2v) is 7.76. The van der Waals surface area contributed by atoms with Crippen molar-refractivity contribution in [3.05, 3.63) is 29.8 Å². The van der Waals surface area contributed by atoms with Crippen LogP contribution in [0.25, 0.3) is 0 Å². The van der Waals surface area contributed by atoms with E-state index in [2.05, 4.69) is 5.16 Å². The van der Waals surface area contributed by atoms with Crippen molar-refractivity contribution < 1.29 is 14.8 Å². The molecule has 140 valence electrons. The fourth-order valence-corrected chi connectivity index (χ4v) is 3.37. The smallest absolute Gasteiger partial charge is 0.357 e. The van der Waals surface area contributed by atoms with Gasteiger partial charge in [-0.25, -0.2) is 4.79 Å². The SMILES string of the molecule is CN(C)c1ccc(C(=O)ON2C(C)(C)CC(=NO)CC2(C)C)cc1.Cl. The second-order valence-electron chi connectivity index (χ2n) is 7.76. The summed E-state index contributed by atoms with van der Waals surface area (Å²) < 4.78 is 0. The normalized spacial score (nSPS) is 18.9. The van der Waals surface area contributed by atoms with E-state index in [1.807, 2.05) is 58.8 Å². The molecule has 1 saturated heterocycles. The molecule has 25 heavy (non-hydrogen) atoms. The number of halogens is 1. The Morgan fingerprint density at radius 1 is 1.12 bits per heavy atom. The first kappa shape index (κ1) is 21.3. The lowest BCUT2D eigenvalue weighted by molar-refractivity contribution is -0.226. The number of benzene rings is 1. The summed E-state index contributed by atoms with van der Waals surface area (Å²) >= 11 is 0. The third-order valence-electron chi connectivity index (χ3n) is 4.31. The molecule has 0 aliphatic carbocycles. The van der Waals surface area contributed by atoms with Crippen LogP contribution in [0, 0.1) is 0 Å². The number of oxime groups is 1. The Morgan fingerprint density at radius 3 is 2.00 bits per heavy atom. The minimum absolute atomic E-state index is 0. The summed E-state index contributed by atoms with van der Waals surface area (Å²) in [5.74, 6) is -0.383. The maximum absolute atomic E-state index is 12.6. The minimum atomic E-state index is -0.456. The maximum atomic E-state index is 12.6. The molecule has 0 saturated carbocycles. The van der Waals surface area contributed by atoms with E-state index in [1.54, 1.807) is 17.2 Å². The first-order valence-corrected chi connectivity index (χ1v) is 8.07. The number of anilines is 1. The highest BCUT2D eigenvalue weighted by Crippen LogP contribution is 2.37. The Labute approximate surface area is 155 Å². The van der Waals surface area contributed by atoms with Gasteiger partial charge in [-0.15, -0.1) is 17.5 Å². The van der Waals surface area contributed by atoms with Gasteiger partial charge in [0.05, 0.1) is 22.4 Å².